The molecule has 140 valence electrons. The van der Waals surface area contributed by atoms with E-state index >= 15 is 0 Å². The molecule has 1 aliphatic carbocycles. The maximum Gasteiger partial charge on any atom is 0.213 e. The van der Waals surface area contributed by atoms with Crippen LogP contribution >= 0.6 is 24.0 Å². The quantitative estimate of drug-likeness (QED) is 0.222. The number of ether oxygens (including phenoxy) is 1. The fraction of sp³-hybridized carbons (Fsp3) is 0.800. The molecule has 0 saturated carbocycles. The fourth-order valence-electron chi connectivity index (χ4n) is 2.69. The molecule has 1 atom stereocenters. The molecule has 1 aliphatic heterocycles. The van der Waals surface area contributed by atoms with Crippen LogP contribution in [-0.2, 0) is 14.8 Å². The van der Waals surface area contributed by atoms with E-state index in [9.17, 15) is 8.42 Å². The number of guanidine groups is 1. The second-order valence-electron chi connectivity index (χ2n) is 5.94. The summed E-state index contributed by atoms with van der Waals surface area (Å²) < 4.78 is 32.2. The van der Waals surface area contributed by atoms with E-state index in [1.807, 2.05) is 0 Å². The van der Waals surface area contributed by atoms with Crippen molar-refractivity contribution in [1.29, 1.82) is 0 Å². The molecule has 0 aromatic carbocycles. The molecular weight excluding hydrogens is 443 g/mol. The number of nitrogens with zero attached hydrogens (tertiary/aromatic N) is 1. The Morgan fingerprint density at radius 1 is 1.29 bits per heavy atom. The normalized spacial score (nSPS) is 22.2. The molecule has 1 fully saturated rings. The summed E-state index contributed by atoms with van der Waals surface area (Å²) in [4.78, 5) is 4.12. The van der Waals surface area contributed by atoms with Gasteiger partial charge in [-0.3, -0.25) is 4.99 Å². The summed E-state index contributed by atoms with van der Waals surface area (Å²) >= 11 is 0. The maximum absolute atomic E-state index is 12.0. The number of aliphatic imine (C=N–C) groups is 1. The van der Waals surface area contributed by atoms with Gasteiger partial charge in [0.05, 0.1) is 11.9 Å². The average molecular weight is 472 g/mol. The lowest BCUT2D eigenvalue weighted by Gasteiger charge is -2.22. The summed E-state index contributed by atoms with van der Waals surface area (Å²) in [5.41, 5.74) is 0. The third-order valence-electron chi connectivity index (χ3n) is 4.04. The third kappa shape index (κ3) is 8.13. The molecular formula is C15H29IN4O3S. The van der Waals surface area contributed by atoms with Gasteiger partial charge in [0.2, 0.25) is 10.0 Å². The topological polar surface area (TPSA) is 91.8 Å². The van der Waals surface area contributed by atoms with Gasteiger partial charge in [0.15, 0.2) is 5.96 Å². The maximum atomic E-state index is 12.0. The first-order valence-corrected chi connectivity index (χ1v) is 9.95. The van der Waals surface area contributed by atoms with Gasteiger partial charge in [0, 0.05) is 32.8 Å². The van der Waals surface area contributed by atoms with Gasteiger partial charge in [0.1, 0.15) is 0 Å². The van der Waals surface area contributed by atoms with Gasteiger partial charge in [-0.1, -0.05) is 12.2 Å². The Kier molecular flexibility index (Phi) is 10.2. The van der Waals surface area contributed by atoms with Crippen molar-refractivity contribution in [2.75, 3.05) is 32.5 Å². The van der Waals surface area contributed by atoms with Gasteiger partial charge in [-0.25, -0.2) is 13.1 Å². The van der Waals surface area contributed by atoms with Crippen LogP contribution in [0.2, 0.25) is 0 Å². The summed E-state index contributed by atoms with van der Waals surface area (Å²) in [5, 5.41) is 6.33. The first-order chi connectivity index (χ1) is 11.1. The SMILES string of the molecule is CN=C(NCCS(=O)(=O)NCC1CCCCO1)NC1CC=CC1.I. The average Bonchev–Trinajstić information content (AvgIpc) is 3.06. The summed E-state index contributed by atoms with van der Waals surface area (Å²) in [6.45, 7) is 1.41. The zero-order valence-corrected chi connectivity index (χ0v) is 17.3. The lowest BCUT2D eigenvalue weighted by Crippen LogP contribution is -2.45. The van der Waals surface area contributed by atoms with E-state index in [0.717, 1.165) is 38.7 Å². The smallest absolute Gasteiger partial charge is 0.213 e. The van der Waals surface area contributed by atoms with Crippen molar-refractivity contribution in [2.45, 2.75) is 44.2 Å². The summed E-state index contributed by atoms with van der Waals surface area (Å²) in [5.74, 6) is 0.660. The molecule has 1 unspecified atom stereocenters. The second kappa shape index (κ2) is 11.3. The Morgan fingerprint density at radius 3 is 2.67 bits per heavy atom. The Balaban J connectivity index is 0.00000288. The summed E-state index contributed by atoms with van der Waals surface area (Å²) in [7, 11) is -1.61. The molecule has 0 bridgehead atoms. The van der Waals surface area contributed by atoms with Gasteiger partial charge >= 0.3 is 0 Å². The lowest BCUT2D eigenvalue weighted by atomic mass is 10.1. The van der Waals surface area contributed by atoms with E-state index in [2.05, 4.69) is 32.5 Å². The standard InChI is InChI=1S/C15H28N4O3S.HI/c1-16-15(19-13-6-2-3-7-13)17-9-11-23(20,21)18-12-14-8-4-5-10-22-14;/h2-3,13-14,18H,4-12H2,1H3,(H2,16,17,19);1H. The largest absolute Gasteiger partial charge is 0.377 e. The van der Waals surface area contributed by atoms with E-state index in [4.69, 9.17) is 4.74 Å². The van der Waals surface area contributed by atoms with Gasteiger partial charge in [-0.05, 0) is 32.1 Å². The second-order valence-corrected chi connectivity index (χ2v) is 7.87. The molecule has 24 heavy (non-hydrogen) atoms. The van der Waals surface area contributed by atoms with Crippen molar-refractivity contribution in [1.82, 2.24) is 15.4 Å². The van der Waals surface area contributed by atoms with Gasteiger partial charge in [-0.15, -0.1) is 24.0 Å². The van der Waals surface area contributed by atoms with Crippen molar-refractivity contribution >= 4 is 40.0 Å². The number of hydrogen-bond acceptors (Lipinski definition) is 4. The van der Waals surface area contributed by atoms with Crippen molar-refractivity contribution in [3.05, 3.63) is 12.2 Å². The molecule has 0 spiro atoms. The monoisotopic (exact) mass is 472 g/mol. The fourth-order valence-corrected chi connectivity index (χ4v) is 3.64. The Hall–Kier alpha value is -0.390. The third-order valence-corrected chi connectivity index (χ3v) is 5.39. The Bertz CT molecular complexity index is 511. The van der Waals surface area contributed by atoms with Crippen LogP contribution < -0.4 is 15.4 Å². The van der Waals surface area contributed by atoms with Gasteiger partial charge in [-0.2, -0.15) is 0 Å². The zero-order valence-electron chi connectivity index (χ0n) is 14.2. The van der Waals surface area contributed by atoms with Gasteiger partial charge in [0.25, 0.3) is 0 Å². The highest BCUT2D eigenvalue weighted by Crippen LogP contribution is 2.11. The summed E-state index contributed by atoms with van der Waals surface area (Å²) in [6.07, 6.45) is 9.31. The zero-order chi connectivity index (χ0) is 16.5. The molecule has 0 amide bonds. The molecule has 0 radical (unpaired) electrons. The van der Waals surface area contributed by atoms with Crippen LogP contribution in [0, 0.1) is 0 Å². The van der Waals surface area contributed by atoms with E-state index in [1.54, 1.807) is 7.05 Å². The molecule has 1 saturated heterocycles. The van der Waals surface area contributed by atoms with E-state index in [0.29, 0.717) is 25.1 Å². The number of hydrogen-bond donors (Lipinski definition) is 3. The van der Waals surface area contributed by atoms with Gasteiger partial charge < -0.3 is 15.4 Å². The molecule has 2 rings (SSSR count). The number of sulfonamides is 1. The van der Waals surface area contributed by atoms with Crippen LogP contribution in [-0.4, -0.2) is 59.0 Å². The minimum absolute atomic E-state index is 0. The van der Waals surface area contributed by atoms with Crippen molar-refractivity contribution in [3.8, 4) is 0 Å². The Labute approximate surface area is 162 Å². The highest BCUT2D eigenvalue weighted by atomic mass is 127. The van der Waals surface area contributed by atoms with E-state index < -0.39 is 10.0 Å². The molecule has 9 heteroatoms. The van der Waals surface area contributed by atoms with E-state index in [1.165, 1.54) is 0 Å². The highest BCUT2D eigenvalue weighted by molar-refractivity contribution is 14.0. The molecule has 0 aromatic heterocycles. The summed E-state index contributed by atoms with van der Waals surface area (Å²) in [6, 6.07) is 0.347. The van der Waals surface area contributed by atoms with Crippen molar-refractivity contribution in [2.24, 2.45) is 4.99 Å². The molecule has 7 nitrogen and oxygen atoms in total. The molecule has 2 aliphatic rings. The van der Waals surface area contributed by atoms with Crippen molar-refractivity contribution < 1.29 is 13.2 Å². The number of halogens is 1. The molecule has 3 N–H and O–H groups in total. The molecule has 1 heterocycles. The number of nitrogens with one attached hydrogen (secondary N) is 3. The molecule has 0 aromatic rings. The first-order valence-electron chi connectivity index (χ1n) is 8.30. The minimum Gasteiger partial charge on any atom is -0.377 e. The van der Waals surface area contributed by atoms with Crippen LogP contribution in [0.25, 0.3) is 0 Å². The predicted octanol–water partition coefficient (Wildman–Crippen LogP) is 0.976. The lowest BCUT2D eigenvalue weighted by molar-refractivity contribution is 0.0200. The highest BCUT2D eigenvalue weighted by Gasteiger charge is 2.18. The number of rotatable bonds is 7. The van der Waals surface area contributed by atoms with Crippen LogP contribution in [0.3, 0.4) is 0 Å². The van der Waals surface area contributed by atoms with Crippen molar-refractivity contribution in [3.63, 3.8) is 0 Å². The first kappa shape index (κ1) is 21.7. The van der Waals surface area contributed by atoms with E-state index in [-0.39, 0.29) is 35.8 Å². The van der Waals surface area contributed by atoms with Crippen LogP contribution in [0.4, 0.5) is 0 Å². The van der Waals surface area contributed by atoms with Crippen LogP contribution in [0.5, 0.6) is 0 Å². The predicted molar refractivity (Wildman–Crippen MR) is 107 cm³/mol. The minimum atomic E-state index is -3.30. The van der Waals surface area contributed by atoms with Crippen LogP contribution in [0.1, 0.15) is 32.1 Å². The van der Waals surface area contributed by atoms with Crippen LogP contribution in [0.15, 0.2) is 17.1 Å². The Morgan fingerprint density at radius 2 is 2.04 bits per heavy atom.